The zero-order valence-corrected chi connectivity index (χ0v) is 18.3. The minimum absolute atomic E-state index is 0.108. The highest BCUT2D eigenvalue weighted by atomic mass is 35.5. The Hall–Kier alpha value is -3.88. The molecule has 0 atom stereocenters. The Morgan fingerprint density at radius 2 is 1.88 bits per heavy atom. The lowest BCUT2D eigenvalue weighted by atomic mass is 9.92. The van der Waals surface area contributed by atoms with Crippen LogP contribution in [0.3, 0.4) is 0 Å². The van der Waals surface area contributed by atoms with Crippen molar-refractivity contribution >= 4 is 35.1 Å². The van der Waals surface area contributed by atoms with Gasteiger partial charge in [0.25, 0.3) is 5.91 Å². The van der Waals surface area contributed by atoms with E-state index in [4.69, 9.17) is 16.3 Å². The number of methoxy groups -OCH3 is 1. The molecule has 32 heavy (non-hydrogen) atoms. The lowest BCUT2D eigenvalue weighted by Gasteiger charge is -2.26. The molecule has 0 bridgehead atoms. The van der Waals surface area contributed by atoms with Gasteiger partial charge in [-0.1, -0.05) is 41.6 Å². The van der Waals surface area contributed by atoms with Crippen LogP contribution in [0.1, 0.15) is 27.0 Å². The number of ether oxygens (including phenoxy) is 1. The van der Waals surface area contributed by atoms with E-state index in [0.29, 0.717) is 34.1 Å². The van der Waals surface area contributed by atoms with Crippen molar-refractivity contribution < 1.29 is 14.3 Å². The Labute approximate surface area is 191 Å². The predicted molar refractivity (Wildman–Crippen MR) is 125 cm³/mol. The molecule has 0 N–H and O–H groups in total. The number of aromatic nitrogens is 1. The van der Waals surface area contributed by atoms with Crippen molar-refractivity contribution in [3.05, 3.63) is 93.6 Å². The third-order valence-electron chi connectivity index (χ3n) is 5.10. The van der Waals surface area contributed by atoms with Crippen molar-refractivity contribution in [2.24, 2.45) is 0 Å². The van der Waals surface area contributed by atoms with E-state index in [2.05, 4.69) is 16.8 Å². The van der Waals surface area contributed by atoms with Gasteiger partial charge < -0.3 is 9.64 Å². The highest BCUT2D eigenvalue weighted by molar-refractivity contribution is 6.36. The fraction of sp³-hybridized carbons (Fsp3) is 0.115. The Morgan fingerprint density at radius 3 is 2.56 bits per heavy atom. The highest BCUT2D eigenvalue weighted by Crippen LogP contribution is 2.31. The van der Waals surface area contributed by atoms with Crippen LogP contribution in [0, 0.1) is 11.8 Å². The van der Waals surface area contributed by atoms with E-state index in [9.17, 15) is 9.59 Å². The van der Waals surface area contributed by atoms with Crippen LogP contribution in [0.5, 0.6) is 5.88 Å². The second-order valence-corrected chi connectivity index (χ2v) is 7.66. The van der Waals surface area contributed by atoms with Crippen LogP contribution >= 0.6 is 11.6 Å². The number of amides is 1. The summed E-state index contributed by atoms with van der Waals surface area (Å²) in [5.74, 6) is 6.08. The summed E-state index contributed by atoms with van der Waals surface area (Å²) in [4.78, 5) is 31.6. The van der Waals surface area contributed by atoms with Crippen LogP contribution in [0.2, 0.25) is 5.02 Å². The number of halogens is 1. The molecule has 1 aliphatic heterocycles. The van der Waals surface area contributed by atoms with E-state index in [1.54, 1.807) is 68.9 Å². The molecule has 0 unspecified atom stereocenters. The number of nitrogens with zero attached hydrogens (tertiary/aromatic N) is 2. The van der Waals surface area contributed by atoms with E-state index in [-0.39, 0.29) is 17.3 Å². The molecule has 1 aliphatic rings. The van der Waals surface area contributed by atoms with Gasteiger partial charge in [-0.25, -0.2) is 4.98 Å². The number of hydrogen-bond acceptors (Lipinski definition) is 4. The van der Waals surface area contributed by atoms with Crippen LogP contribution in [0.15, 0.2) is 66.4 Å². The SMILES string of the molecule is COc1ccc(CC#Cc2ccc3c(c2)C(=O)/C(=C\c2ccc(Cl)cc2)C(=O)N3C)cn1. The minimum Gasteiger partial charge on any atom is -0.481 e. The first-order valence-electron chi connectivity index (χ1n) is 9.88. The summed E-state index contributed by atoms with van der Waals surface area (Å²) >= 11 is 5.93. The molecule has 5 nitrogen and oxygen atoms in total. The summed E-state index contributed by atoms with van der Waals surface area (Å²) in [5, 5.41) is 0.588. The van der Waals surface area contributed by atoms with Gasteiger partial charge >= 0.3 is 0 Å². The Morgan fingerprint density at radius 1 is 1.09 bits per heavy atom. The first-order valence-corrected chi connectivity index (χ1v) is 10.3. The number of Topliss-reactive ketones (excluding diaryl/α,β-unsaturated/α-hetero) is 1. The fourth-order valence-corrected chi connectivity index (χ4v) is 3.48. The number of pyridine rings is 1. The zero-order chi connectivity index (χ0) is 22.7. The molecule has 2 heterocycles. The Balaban J connectivity index is 1.61. The summed E-state index contributed by atoms with van der Waals surface area (Å²) in [6.07, 6.45) is 3.83. The molecular weight excluding hydrogens is 424 g/mol. The quantitative estimate of drug-likeness (QED) is 0.338. The van der Waals surface area contributed by atoms with Crippen molar-refractivity contribution in [1.82, 2.24) is 4.98 Å². The van der Waals surface area contributed by atoms with Crippen molar-refractivity contribution in [2.45, 2.75) is 6.42 Å². The molecule has 0 aliphatic carbocycles. The molecule has 0 radical (unpaired) electrons. The number of fused-ring (bicyclic) bond motifs is 1. The molecule has 6 heteroatoms. The molecule has 158 valence electrons. The second-order valence-electron chi connectivity index (χ2n) is 7.22. The molecular formula is C26H19ClN2O3. The lowest BCUT2D eigenvalue weighted by molar-refractivity contribution is -0.114. The Kier molecular flexibility index (Phi) is 6.07. The second kappa shape index (κ2) is 9.09. The minimum atomic E-state index is -0.344. The number of likely N-dealkylation sites (N-methyl/N-ethyl adjacent to an activating group) is 1. The molecule has 3 aromatic rings. The molecule has 0 spiro atoms. The number of rotatable bonds is 3. The van der Waals surface area contributed by atoms with Crippen molar-refractivity contribution in [2.75, 3.05) is 19.1 Å². The van der Waals surface area contributed by atoms with Gasteiger partial charge in [-0.3, -0.25) is 9.59 Å². The summed E-state index contributed by atoms with van der Waals surface area (Å²) in [6, 6.07) is 16.0. The summed E-state index contributed by atoms with van der Waals surface area (Å²) in [6.45, 7) is 0. The number of benzene rings is 2. The maximum atomic E-state index is 13.1. The Bertz CT molecular complexity index is 1280. The standard InChI is InChI=1S/C26H19ClN2O3/c1-29-23-12-8-17(4-3-5-19-9-13-24(32-2)28-16-19)14-21(23)25(30)22(26(29)31)15-18-6-10-20(27)11-7-18/h6-16H,5H2,1-2H3/b22-15+. The van der Waals surface area contributed by atoms with Gasteiger partial charge in [-0.05, 0) is 47.5 Å². The van der Waals surface area contributed by atoms with Crippen molar-refractivity contribution in [3.63, 3.8) is 0 Å². The lowest BCUT2D eigenvalue weighted by Crippen LogP contribution is -2.36. The van der Waals surface area contributed by atoms with E-state index in [1.165, 1.54) is 4.90 Å². The summed E-state index contributed by atoms with van der Waals surface area (Å²) in [7, 11) is 3.23. The number of hydrogen-bond donors (Lipinski definition) is 0. The summed E-state index contributed by atoms with van der Waals surface area (Å²) in [5.41, 5.74) is 3.52. The van der Waals surface area contributed by atoms with Gasteiger partial charge in [-0.15, -0.1) is 0 Å². The third kappa shape index (κ3) is 4.41. The van der Waals surface area contributed by atoms with Crippen molar-refractivity contribution in [3.8, 4) is 17.7 Å². The smallest absolute Gasteiger partial charge is 0.262 e. The number of carbonyl (C=O) groups excluding carboxylic acids is 2. The van der Waals surface area contributed by atoms with Crippen LogP contribution in [0.4, 0.5) is 5.69 Å². The zero-order valence-electron chi connectivity index (χ0n) is 17.6. The van der Waals surface area contributed by atoms with Gasteiger partial charge in [0.15, 0.2) is 0 Å². The van der Waals surface area contributed by atoms with E-state index < -0.39 is 0 Å². The van der Waals surface area contributed by atoms with Crippen LogP contribution in [-0.2, 0) is 11.2 Å². The van der Waals surface area contributed by atoms with Gasteiger partial charge in [0.1, 0.15) is 0 Å². The third-order valence-corrected chi connectivity index (χ3v) is 5.35. The van der Waals surface area contributed by atoms with Crippen molar-refractivity contribution in [1.29, 1.82) is 0 Å². The van der Waals surface area contributed by atoms with Gasteiger partial charge in [-0.2, -0.15) is 0 Å². The molecule has 0 saturated carbocycles. The molecule has 2 aromatic carbocycles. The molecule has 4 rings (SSSR count). The van der Waals surface area contributed by atoms with Gasteiger partial charge in [0, 0.05) is 41.9 Å². The van der Waals surface area contributed by atoms with Gasteiger partial charge in [0.05, 0.1) is 18.4 Å². The van der Waals surface area contributed by atoms with E-state index in [0.717, 1.165) is 11.1 Å². The number of carbonyl (C=O) groups is 2. The maximum Gasteiger partial charge on any atom is 0.262 e. The summed E-state index contributed by atoms with van der Waals surface area (Å²) < 4.78 is 5.06. The molecule has 0 fully saturated rings. The van der Waals surface area contributed by atoms with Crippen LogP contribution in [-0.4, -0.2) is 30.8 Å². The first kappa shape index (κ1) is 21.4. The van der Waals surface area contributed by atoms with E-state index in [1.807, 2.05) is 12.1 Å². The normalized spacial score (nSPS) is 14.1. The van der Waals surface area contributed by atoms with Gasteiger partial charge in [0.2, 0.25) is 11.7 Å². The average molecular weight is 443 g/mol. The maximum absolute atomic E-state index is 13.1. The monoisotopic (exact) mass is 442 g/mol. The largest absolute Gasteiger partial charge is 0.481 e. The predicted octanol–water partition coefficient (Wildman–Crippen LogP) is 4.58. The highest BCUT2D eigenvalue weighted by Gasteiger charge is 2.32. The van der Waals surface area contributed by atoms with Crippen LogP contribution < -0.4 is 9.64 Å². The first-order chi connectivity index (χ1) is 15.5. The fourth-order valence-electron chi connectivity index (χ4n) is 3.36. The molecule has 0 saturated heterocycles. The molecule has 1 amide bonds. The average Bonchev–Trinajstić information content (AvgIpc) is 2.82. The van der Waals surface area contributed by atoms with E-state index >= 15 is 0 Å². The molecule has 1 aromatic heterocycles. The number of anilines is 1. The van der Waals surface area contributed by atoms with Crippen LogP contribution in [0.25, 0.3) is 6.08 Å². The number of ketones is 1. The topological polar surface area (TPSA) is 59.5 Å².